The molecule has 3 aromatic rings. The normalized spacial score (nSPS) is 17.9. The molecule has 1 aliphatic heterocycles. The number of nitrogens with zero attached hydrogens (tertiary/aromatic N) is 4. The van der Waals surface area contributed by atoms with Gasteiger partial charge < -0.3 is 4.90 Å². The zero-order valence-corrected chi connectivity index (χ0v) is 16.4. The fraction of sp³-hybridized carbons (Fsp3) is 0.429. The maximum Gasteiger partial charge on any atom is 0.282 e. The van der Waals surface area contributed by atoms with Crippen LogP contribution in [-0.4, -0.2) is 38.7 Å². The molecule has 1 saturated heterocycles. The number of benzene rings is 1. The highest BCUT2D eigenvalue weighted by Crippen LogP contribution is 2.38. The molecule has 3 heterocycles. The van der Waals surface area contributed by atoms with E-state index in [1.165, 1.54) is 24.2 Å². The van der Waals surface area contributed by atoms with Gasteiger partial charge in [-0.25, -0.2) is 9.67 Å². The highest BCUT2D eigenvalue weighted by atomic mass is 32.1. The summed E-state index contributed by atoms with van der Waals surface area (Å²) in [5, 5.41) is 5.13. The molecule has 2 fully saturated rings. The van der Waals surface area contributed by atoms with Crippen LogP contribution in [0.5, 0.6) is 0 Å². The summed E-state index contributed by atoms with van der Waals surface area (Å²) in [6.45, 7) is 2.05. The highest BCUT2D eigenvalue weighted by Gasteiger charge is 2.28. The van der Waals surface area contributed by atoms with Gasteiger partial charge in [0, 0.05) is 31.6 Å². The number of rotatable bonds is 4. The quantitative estimate of drug-likeness (QED) is 0.681. The van der Waals surface area contributed by atoms with E-state index in [1.807, 2.05) is 35.2 Å². The lowest BCUT2D eigenvalue weighted by molar-refractivity contribution is 0.0680. The number of amides is 1. The molecule has 0 N–H and O–H groups in total. The van der Waals surface area contributed by atoms with Gasteiger partial charge in [0.15, 0.2) is 5.01 Å². The van der Waals surface area contributed by atoms with E-state index in [9.17, 15) is 9.59 Å². The first-order valence-electron chi connectivity index (χ1n) is 9.90. The maximum absolute atomic E-state index is 12.8. The van der Waals surface area contributed by atoms with Gasteiger partial charge in [-0.2, -0.15) is 5.10 Å². The van der Waals surface area contributed by atoms with E-state index in [1.54, 1.807) is 10.7 Å². The van der Waals surface area contributed by atoms with Crippen LogP contribution in [0.3, 0.4) is 0 Å². The van der Waals surface area contributed by atoms with Crippen molar-refractivity contribution in [1.29, 1.82) is 0 Å². The van der Waals surface area contributed by atoms with E-state index >= 15 is 0 Å². The minimum Gasteiger partial charge on any atom is -0.337 e. The number of likely N-dealkylation sites (tertiary alicyclic amines) is 1. The van der Waals surface area contributed by atoms with Gasteiger partial charge in [-0.1, -0.05) is 12.1 Å². The molecule has 0 spiro atoms. The Morgan fingerprint density at radius 3 is 2.61 bits per heavy atom. The molecule has 2 aliphatic rings. The zero-order valence-electron chi connectivity index (χ0n) is 15.6. The number of carbonyl (C=O) groups is 1. The smallest absolute Gasteiger partial charge is 0.282 e. The van der Waals surface area contributed by atoms with Crippen molar-refractivity contribution in [1.82, 2.24) is 19.7 Å². The molecular weight excluding hydrogens is 372 g/mol. The topological polar surface area (TPSA) is 68.1 Å². The molecule has 144 valence electrons. The molecule has 0 atom stereocenters. The minimum atomic E-state index is -0.0302. The van der Waals surface area contributed by atoms with E-state index in [0.717, 1.165) is 28.8 Å². The summed E-state index contributed by atoms with van der Waals surface area (Å²) in [5.41, 5.74) is 1.90. The molecule has 2 aromatic heterocycles. The fourth-order valence-electron chi connectivity index (χ4n) is 3.85. The van der Waals surface area contributed by atoms with Gasteiger partial charge in [0.25, 0.3) is 11.5 Å². The van der Waals surface area contributed by atoms with E-state index < -0.39 is 0 Å². The number of aromatic nitrogens is 3. The fourth-order valence-corrected chi connectivity index (χ4v) is 4.79. The first-order valence-corrected chi connectivity index (χ1v) is 10.7. The monoisotopic (exact) mass is 394 g/mol. The number of hydrogen-bond acceptors (Lipinski definition) is 5. The number of hydrogen-bond donors (Lipinski definition) is 0. The molecule has 1 aromatic carbocycles. The van der Waals surface area contributed by atoms with Crippen LogP contribution in [0.25, 0.3) is 10.2 Å². The predicted molar refractivity (Wildman–Crippen MR) is 109 cm³/mol. The molecule has 28 heavy (non-hydrogen) atoms. The van der Waals surface area contributed by atoms with E-state index in [0.29, 0.717) is 36.5 Å². The molecule has 1 amide bonds. The molecular formula is C21H22N4O2S. The second kappa shape index (κ2) is 7.13. The Balaban J connectivity index is 1.23. The van der Waals surface area contributed by atoms with Crippen molar-refractivity contribution in [2.75, 3.05) is 13.1 Å². The van der Waals surface area contributed by atoms with Crippen LogP contribution >= 0.6 is 11.3 Å². The van der Waals surface area contributed by atoms with Crippen molar-refractivity contribution < 1.29 is 4.79 Å². The SMILES string of the molecule is O=C(c1nc2ccccc2s1)N1CCC(Cn2nc(C3CC3)ccc2=O)CC1. The molecule has 0 bridgehead atoms. The first-order chi connectivity index (χ1) is 13.7. The average Bonchev–Trinajstić information content (AvgIpc) is 3.48. The van der Waals surface area contributed by atoms with Gasteiger partial charge in [-0.15, -0.1) is 11.3 Å². The Morgan fingerprint density at radius 2 is 1.86 bits per heavy atom. The summed E-state index contributed by atoms with van der Waals surface area (Å²) in [6.07, 6.45) is 4.13. The molecule has 1 saturated carbocycles. The van der Waals surface area contributed by atoms with Crippen LogP contribution in [0, 0.1) is 5.92 Å². The summed E-state index contributed by atoms with van der Waals surface area (Å²) in [4.78, 5) is 31.4. The summed E-state index contributed by atoms with van der Waals surface area (Å²) >= 11 is 1.46. The second-order valence-corrected chi connectivity index (χ2v) is 8.81. The van der Waals surface area contributed by atoms with Gasteiger partial charge in [-0.05, 0) is 49.8 Å². The summed E-state index contributed by atoms with van der Waals surface area (Å²) in [6, 6.07) is 11.4. The summed E-state index contributed by atoms with van der Waals surface area (Å²) in [7, 11) is 0. The standard InChI is InChI=1S/C21H22N4O2S/c26-19-8-7-16(15-5-6-15)23-25(19)13-14-9-11-24(12-10-14)21(27)20-22-17-3-1-2-4-18(17)28-20/h1-4,7-8,14-15H,5-6,9-13H2. The molecule has 0 radical (unpaired) electrons. The largest absolute Gasteiger partial charge is 0.337 e. The van der Waals surface area contributed by atoms with Crippen molar-refractivity contribution in [2.45, 2.75) is 38.1 Å². The lowest BCUT2D eigenvalue weighted by Gasteiger charge is -2.31. The lowest BCUT2D eigenvalue weighted by Crippen LogP contribution is -2.40. The lowest BCUT2D eigenvalue weighted by atomic mass is 9.97. The van der Waals surface area contributed by atoms with E-state index in [-0.39, 0.29) is 11.5 Å². The number of carbonyl (C=O) groups excluding carboxylic acids is 1. The molecule has 0 unspecified atom stereocenters. The summed E-state index contributed by atoms with van der Waals surface area (Å²) in [5.74, 6) is 0.935. The molecule has 7 heteroatoms. The number of para-hydroxylation sites is 1. The Morgan fingerprint density at radius 1 is 1.07 bits per heavy atom. The zero-order chi connectivity index (χ0) is 19.1. The van der Waals surface area contributed by atoms with Crippen LogP contribution in [0.4, 0.5) is 0 Å². The Labute approximate surface area is 166 Å². The third-order valence-corrected chi connectivity index (χ3v) is 6.72. The first kappa shape index (κ1) is 17.6. The van der Waals surface area contributed by atoms with Crippen LogP contribution in [0.15, 0.2) is 41.2 Å². The maximum atomic E-state index is 12.8. The number of piperidine rings is 1. The van der Waals surface area contributed by atoms with Crippen molar-refractivity contribution in [2.24, 2.45) is 5.92 Å². The Bertz CT molecular complexity index is 1040. The van der Waals surface area contributed by atoms with Crippen LogP contribution in [0.1, 0.15) is 47.1 Å². The van der Waals surface area contributed by atoms with Crippen molar-refractivity contribution in [3.8, 4) is 0 Å². The van der Waals surface area contributed by atoms with E-state index in [4.69, 9.17) is 0 Å². The van der Waals surface area contributed by atoms with Crippen LogP contribution < -0.4 is 5.56 Å². The van der Waals surface area contributed by atoms with Gasteiger partial charge in [0.1, 0.15) is 0 Å². The number of thiazole rings is 1. The predicted octanol–water partition coefficient (Wildman–Crippen LogP) is 3.28. The van der Waals surface area contributed by atoms with Gasteiger partial charge in [-0.3, -0.25) is 9.59 Å². The third-order valence-electron chi connectivity index (χ3n) is 5.69. The van der Waals surface area contributed by atoms with Gasteiger partial charge in [0.2, 0.25) is 0 Å². The second-order valence-electron chi connectivity index (χ2n) is 7.78. The van der Waals surface area contributed by atoms with E-state index in [2.05, 4.69) is 10.1 Å². The average molecular weight is 395 g/mol. The number of fused-ring (bicyclic) bond motifs is 1. The Kier molecular flexibility index (Phi) is 4.47. The summed E-state index contributed by atoms with van der Waals surface area (Å²) < 4.78 is 2.67. The van der Waals surface area contributed by atoms with Crippen molar-refractivity contribution in [3.63, 3.8) is 0 Å². The highest BCUT2D eigenvalue weighted by molar-refractivity contribution is 7.20. The van der Waals surface area contributed by atoms with Crippen LogP contribution in [0.2, 0.25) is 0 Å². The van der Waals surface area contributed by atoms with Crippen molar-refractivity contribution in [3.05, 3.63) is 57.5 Å². The third kappa shape index (κ3) is 3.46. The van der Waals surface area contributed by atoms with Gasteiger partial charge >= 0.3 is 0 Å². The van der Waals surface area contributed by atoms with Gasteiger partial charge in [0.05, 0.1) is 15.9 Å². The molecule has 5 rings (SSSR count). The van der Waals surface area contributed by atoms with Crippen LogP contribution in [-0.2, 0) is 6.54 Å². The minimum absolute atomic E-state index is 0.0191. The van der Waals surface area contributed by atoms with Crippen molar-refractivity contribution >= 4 is 27.5 Å². The molecule has 6 nitrogen and oxygen atoms in total. The Hall–Kier alpha value is -2.54. The molecule has 1 aliphatic carbocycles.